The summed E-state index contributed by atoms with van der Waals surface area (Å²) < 4.78 is 6.76. The Morgan fingerprint density at radius 2 is 1.85 bits per heavy atom. The lowest BCUT2D eigenvalue weighted by molar-refractivity contribution is 0.0674. The number of amides is 1. The number of nitrogens with zero attached hydrogens (tertiary/aromatic N) is 4. The van der Waals surface area contributed by atoms with E-state index in [0.29, 0.717) is 25.4 Å². The first-order valence-corrected chi connectivity index (χ1v) is 8.49. The van der Waals surface area contributed by atoms with E-state index in [-0.39, 0.29) is 5.91 Å². The maximum Gasteiger partial charge on any atom is 0.276 e. The van der Waals surface area contributed by atoms with E-state index in [1.165, 1.54) is 5.56 Å². The second-order valence-corrected chi connectivity index (χ2v) is 6.09. The van der Waals surface area contributed by atoms with Gasteiger partial charge in [0.2, 0.25) is 0 Å². The third-order valence-corrected chi connectivity index (χ3v) is 4.08. The molecule has 0 saturated heterocycles. The van der Waals surface area contributed by atoms with Crippen LogP contribution in [0.3, 0.4) is 0 Å². The summed E-state index contributed by atoms with van der Waals surface area (Å²) >= 11 is 0. The Labute approximate surface area is 153 Å². The topological polar surface area (TPSA) is 60.2 Å². The SMILES string of the molecule is COCCN(Cc1ccccc1)C(=O)c1cn(-c2ccc(C)cc2)nn1. The fourth-order valence-electron chi connectivity index (χ4n) is 2.61. The molecule has 0 aliphatic rings. The molecule has 0 spiro atoms. The van der Waals surface area contributed by atoms with Gasteiger partial charge in [-0.2, -0.15) is 0 Å². The fraction of sp³-hybridized carbons (Fsp3) is 0.250. The second kappa shape index (κ2) is 8.40. The summed E-state index contributed by atoms with van der Waals surface area (Å²) in [5.74, 6) is -0.163. The highest BCUT2D eigenvalue weighted by atomic mass is 16.5. The van der Waals surface area contributed by atoms with E-state index < -0.39 is 0 Å². The zero-order chi connectivity index (χ0) is 18.4. The molecule has 1 heterocycles. The molecule has 0 saturated carbocycles. The minimum atomic E-state index is -0.163. The van der Waals surface area contributed by atoms with E-state index >= 15 is 0 Å². The van der Waals surface area contributed by atoms with Gasteiger partial charge in [-0.3, -0.25) is 4.79 Å². The number of carbonyl (C=O) groups is 1. The minimum absolute atomic E-state index is 0.163. The van der Waals surface area contributed by atoms with E-state index in [2.05, 4.69) is 10.3 Å². The normalized spacial score (nSPS) is 10.7. The van der Waals surface area contributed by atoms with Crippen LogP contribution in [0.5, 0.6) is 0 Å². The highest BCUT2D eigenvalue weighted by Gasteiger charge is 2.19. The smallest absolute Gasteiger partial charge is 0.276 e. The molecule has 3 rings (SSSR count). The van der Waals surface area contributed by atoms with E-state index in [0.717, 1.165) is 11.3 Å². The average molecular weight is 350 g/mol. The summed E-state index contributed by atoms with van der Waals surface area (Å²) in [6, 6.07) is 17.8. The molecule has 0 N–H and O–H groups in total. The molecule has 0 atom stereocenters. The van der Waals surface area contributed by atoms with Gasteiger partial charge in [-0.05, 0) is 24.6 Å². The molecule has 6 nitrogen and oxygen atoms in total. The van der Waals surface area contributed by atoms with Gasteiger partial charge in [0.15, 0.2) is 5.69 Å². The first-order chi connectivity index (χ1) is 12.7. The summed E-state index contributed by atoms with van der Waals surface area (Å²) in [6.45, 7) is 3.48. The van der Waals surface area contributed by atoms with Crippen molar-refractivity contribution in [3.63, 3.8) is 0 Å². The van der Waals surface area contributed by atoms with Crippen LogP contribution in [0, 0.1) is 6.92 Å². The third-order valence-electron chi connectivity index (χ3n) is 4.08. The number of aromatic nitrogens is 3. The molecule has 3 aromatic rings. The number of ether oxygens (including phenoxy) is 1. The number of hydrogen-bond acceptors (Lipinski definition) is 4. The summed E-state index contributed by atoms with van der Waals surface area (Å²) in [6.07, 6.45) is 1.66. The van der Waals surface area contributed by atoms with Crippen molar-refractivity contribution in [1.29, 1.82) is 0 Å². The molecule has 1 amide bonds. The predicted octanol–water partition coefficient (Wildman–Crippen LogP) is 2.86. The van der Waals surface area contributed by atoms with Crippen LogP contribution in [-0.2, 0) is 11.3 Å². The molecule has 0 aliphatic carbocycles. The van der Waals surface area contributed by atoms with Crippen LogP contribution in [0.2, 0.25) is 0 Å². The monoisotopic (exact) mass is 350 g/mol. The van der Waals surface area contributed by atoms with Crippen molar-refractivity contribution in [2.24, 2.45) is 0 Å². The molecule has 26 heavy (non-hydrogen) atoms. The molecule has 0 unspecified atom stereocenters. The van der Waals surface area contributed by atoms with Crippen LogP contribution >= 0.6 is 0 Å². The highest BCUT2D eigenvalue weighted by Crippen LogP contribution is 2.12. The first-order valence-electron chi connectivity index (χ1n) is 8.49. The van der Waals surface area contributed by atoms with Crippen molar-refractivity contribution in [2.45, 2.75) is 13.5 Å². The van der Waals surface area contributed by atoms with E-state index in [4.69, 9.17) is 4.74 Å². The molecule has 134 valence electrons. The zero-order valence-electron chi connectivity index (χ0n) is 15.0. The van der Waals surface area contributed by atoms with Crippen molar-refractivity contribution < 1.29 is 9.53 Å². The summed E-state index contributed by atoms with van der Waals surface area (Å²) in [7, 11) is 1.62. The Hall–Kier alpha value is -2.99. The molecular formula is C20H22N4O2. The molecule has 0 fully saturated rings. The largest absolute Gasteiger partial charge is 0.383 e. The number of benzene rings is 2. The number of carbonyl (C=O) groups excluding carboxylic acids is 1. The quantitative estimate of drug-likeness (QED) is 0.657. The van der Waals surface area contributed by atoms with Crippen molar-refractivity contribution >= 4 is 5.91 Å². The van der Waals surface area contributed by atoms with Crippen LogP contribution in [-0.4, -0.2) is 46.1 Å². The Kier molecular flexibility index (Phi) is 5.76. The maximum atomic E-state index is 12.9. The Balaban J connectivity index is 1.79. The van der Waals surface area contributed by atoms with Gasteiger partial charge in [0.1, 0.15) is 0 Å². The summed E-state index contributed by atoms with van der Waals surface area (Å²) in [4.78, 5) is 14.6. The molecule has 0 radical (unpaired) electrons. The molecule has 2 aromatic carbocycles. The molecule has 6 heteroatoms. The van der Waals surface area contributed by atoms with Gasteiger partial charge >= 0.3 is 0 Å². The van der Waals surface area contributed by atoms with Crippen LogP contribution in [0.1, 0.15) is 21.6 Å². The van der Waals surface area contributed by atoms with Gasteiger partial charge in [-0.15, -0.1) is 5.10 Å². The fourth-order valence-corrected chi connectivity index (χ4v) is 2.61. The Bertz CT molecular complexity index is 844. The lowest BCUT2D eigenvalue weighted by atomic mass is 10.2. The average Bonchev–Trinajstić information content (AvgIpc) is 3.16. The van der Waals surface area contributed by atoms with Gasteiger partial charge in [-0.1, -0.05) is 53.2 Å². The first kappa shape index (κ1) is 17.8. The number of rotatable bonds is 7. The zero-order valence-corrected chi connectivity index (χ0v) is 15.0. The molecule has 1 aromatic heterocycles. The van der Waals surface area contributed by atoms with Crippen molar-refractivity contribution in [2.75, 3.05) is 20.3 Å². The van der Waals surface area contributed by atoms with Crippen molar-refractivity contribution in [3.8, 4) is 5.69 Å². The van der Waals surface area contributed by atoms with Crippen LogP contribution in [0.25, 0.3) is 5.69 Å². The highest BCUT2D eigenvalue weighted by molar-refractivity contribution is 5.92. The van der Waals surface area contributed by atoms with E-state index in [1.807, 2.05) is 61.5 Å². The number of hydrogen-bond donors (Lipinski definition) is 0. The van der Waals surface area contributed by atoms with Gasteiger partial charge < -0.3 is 9.64 Å². The molecule has 0 aliphatic heterocycles. The Morgan fingerprint density at radius 3 is 2.54 bits per heavy atom. The number of aryl methyl sites for hydroxylation is 1. The van der Waals surface area contributed by atoms with Gasteiger partial charge in [0, 0.05) is 20.2 Å². The summed E-state index contributed by atoms with van der Waals surface area (Å²) in [5.41, 5.74) is 3.41. The standard InChI is InChI=1S/C20H22N4O2/c1-16-8-10-18(11-9-16)24-15-19(21-22-24)20(25)23(12-13-26-2)14-17-6-4-3-5-7-17/h3-11,15H,12-14H2,1-2H3. The van der Waals surface area contributed by atoms with Crippen LogP contribution in [0.4, 0.5) is 0 Å². The lowest BCUT2D eigenvalue weighted by Gasteiger charge is -2.21. The van der Waals surface area contributed by atoms with Crippen molar-refractivity contribution in [1.82, 2.24) is 19.9 Å². The maximum absolute atomic E-state index is 12.9. The summed E-state index contributed by atoms with van der Waals surface area (Å²) in [5, 5.41) is 8.16. The second-order valence-electron chi connectivity index (χ2n) is 6.09. The lowest BCUT2D eigenvalue weighted by Crippen LogP contribution is -2.33. The van der Waals surface area contributed by atoms with E-state index in [9.17, 15) is 4.79 Å². The van der Waals surface area contributed by atoms with E-state index in [1.54, 1.807) is 22.9 Å². The molecule has 0 bridgehead atoms. The predicted molar refractivity (Wildman–Crippen MR) is 99.2 cm³/mol. The van der Waals surface area contributed by atoms with Gasteiger partial charge in [-0.25, -0.2) is 4.68 Å². The Morgan fingerprint density at radius 1 is 1.12 bits per heavy atom. The van der Waals surface area contributed by atoms with Crippen LogP contribution in [0.15, 0.2) is 60.8 Å². The minimum Gasteiger partial charge on any atom is -0.383 e. The molecular weight excluding hydrogens is 328 g/mol. The third kappa shape index (κ3) is 4.34. The van der Waals surface area contributed by atoms with Crippen LogP contribution < -0.4 is 0 Å². The number of methoxy groups -OCH3 is 1. The van der Waals surface area contributed by atoms with Crippen molar-refractivity contribution in [3.05, 3.63) is 77.6 Å². The van der Waals surface area contributed by atoms with Gasteiger partial charge in [0.05, 0.1) is 18.5 Å². The van der Waals surface area contributed by atoms with Gasteiger partial charge in [0.25, 0.3) is 5.91 Å².